The van der Waals surface area contributed by atoms with Gasteiger partial charge >= 0.3 is 0 Å². The molecule has 0 amide bonds. The smallest absolute Gasteiger partial charge is 0.0127 e. The number of rotatable bonds is 4. The lowest BCUT2D eigenvalue weighted by Crippen LogP contribution is -2.58. The molecule has 0 aromatic heterocycles. The van der Waals surface area contributed by atoms with Crippen molar-refractivity contribution in [1.82, 2.24) is 4.90 Å². The molecule has 2 N–H and O–H groups in total. The molecule has 0 aromatic carbocycles. The van der Waals surface area contributed by atoms with Crippen LogP contribution in [-0.2, 0) is 0 Å². The highest BCUT2D eigenvalue weighted by atomic mass is 15.2. The minimum atomic E-state index is 0.680. The average Bonchev–Trinajstić information content (AvgIpc) is 2.46. The fourth-order valence-electron chi connectivity index (χ4n) is 7.08. The van der Waals surface area contributed by atoms with Gasteiger partial charge < -0.3 is 5.73 Å². The number of hydrogen-bond donors (Lipinski definition) is 1. The van der Waals surface area contributed by atoms with E-state index >= 15 is 0 Å². The molecular formula is C19H34N2. The standard InChI is InChI=1S/C19H34N2/c1-14(21-7-3-2-4-18(21)5-6-20)19-11-15-8-16(12-19)10-17(9-15)13-19/h14-18H,2-13,20H2,1H3. The third kappa shape index (κ3) is 2.47. The van der Waals surface area contributed by atoms with Gasteiger partial charge in [0.1, 0.15) is 0 Å². The molecule has 5 aliphatic rings. The Morgan fingerprint density at radius 2 is 1.67 bits per heavy atom. The van der Waals surface area contributed by atoms with Gasteiger partial charge in [-0.25, -0.2) is 0 Å². The first kappa shape index (κ1) is 14.5. The molecule has 5 rings (SSSR count). The Morgan fingerprint density at radius 3 is 2.24 bits per heavy atom. The minimum Gasteiger partial charge on any atom is -0.330 e. The summed E-state index contributed by atoms with van der Waals surface area (Å²) in [7, 11) is 0. The largest absolute Gasteiger partial charge is 0.330 e. The quantitative estimate of drug-likeness (QED) is 0.853. The van der Waals surface area contributed by atoms with Gasteiger partial charge in [-0.1, -0.05) is 6.42 Å². The molecule has 120 valence electrons. The maximum Gasteiger partial charge on any atom is 0.0127 e. The van der Waals surface area contributed by atoms with Crippen molar-refractivity contribution < 1.29 is 0 Å². The average molecular weight is 290 g/mol. The van der Waals surface area contributed by atoms with Crippen molar-refractivity contribution in [2.24, 2.45) is 28.9 Å². The Morgan fingerprint density at radius 1 is 1.05 bits per heavy atom. The van der Waals surface area contributed by atoms with Gasteiger partial charge in [-0.3, -0.25) is 4.90 Å². The van der Waals surface area contributed by atoms with Crippen LogP contribution in [0.5, 0.6) is 0 Å². The lowest BCUT2D eigenvalue weighted by molar-refractivity contribution is -0.108. The van der Waals surface area contributed by atoms with E-state index in [1.165, 1.54) is 32.2 Å². The van der Waals surface area contributed by atoms with E-state index in [1.807, 2.05) is 0 Å². The van der Waals surface area contributed by atoms with Crippen molar-refractivity contribution in [3.63, 3.8) is 0 Å². The molecule has 4 bridgehead atoms. The van der Waals surface area contributed by atoms with Crippen LogP contribution in [0.1, 0.15) is 71.1 Å². The van der Waals surface area contributed by atoms with E-state index in [2.05, 4.69) is 11.8 Å². The predicted octanol–water partition coefficient (Wildman–Crippen LogP) is 3.79. The Labute approximate surface area is 130 Å². The fourth-order valence-corrected chi connectivity index (χ4v) is 7.08. The third-order valence-corrected chi connectivity index (χ3v) is 7.64. The van der Waals surface area contributed by atoms with Crippen molar-refractivity contribution in [2.45, 2.75) is 83.2 Å². The van der Waals surface area contributed by atoms with Crippen LogP contribution in [-0.4, -0.2) is 30.1 Å². The van der Waals surface area contributed by atoms with Gasteiger partial charge in [0, 0.05) is 12.1 Å². The second-order valence-electron chi connectivity index (χ2n) is 8.92. The number of nitrogens with two attached hydrogens (primary N) is 1. The molecule has 1 aliphatic heterocycles. The van der Waals surface area contributed by atoms with Crippen LogP contribution in [0.25, 0.3) is 0 Å². The van der Waals surface area contributed by atoms with Crippen molar-refractivity contribution in [3.8, 4) is 0 Å². The van der Waals surface area contributed by atoms with Crippen LogP contribution in [0.3, 0.4) is 0 Å². The van der Waals surface area contributed by atoms with Crippen molar-refractivity contribution in [2.75, 3.05) is 13.1 Å². The summed E-state index contributed by atoms with van der Waals surface area (Å²) in [5, 5.41) is 0. The molecule has 4 aliphatic carbocycles. The lowest BCUT2D eigenvalue weighted by atomic mass is 9.47. The molecule has 2 heteroatoms. The molecule has 0 radical (unpaired) electrons. The lowest BCUT2D eigenvalue weighted by Gasteiger charge is -2.61. The van der Waals surface area contributed by atoms with Gasteiger partial charge in [0.05, 0.1) is 0 Å². The summed E-state index contributed by atoms with van der Waals surface area (Å²) in [5.41, 5.74) is 6.58. The minimum absolute atomic E-state index is 0.680. The summed E-state index contributed by atoms with van der Waals surface area (Å²) in [6, 6.07) is 1.59. The highest BCUT2D eigenvalue weighted by molar-refractivity contribution is 5.06. The number of nitrogens with zero attached hydrogens (tertiary/aromatic N) is 1. The van der Waals surface area contributed by atoms with Crippen molar-refractivity contribution in [3.05, 3.63) is 0 Å². The van der Waals surface area contributed by atoms with Crippen LogP contribution in [0.4, 0.5) is 0 Å². The van der Waals surface area contributed by atoms with Crippen molar-refractivity contribution in [1.29, 1.82) is 0 Å². The van der Waals surface area contributed by atoms with E-state index in [0.717, 1.165) is 36.4 Å². The molecule has 1 heterocycles. The van der Waals surface area contributed by atoms with Crippen LogP contribution in [0.15, 0.2) is 0 Å². The van der Waals surface area contributed by atoms with E-state index in [4.69, 9.17) is 5.73 Å². The van der Waals surface area contributed by atoms with E-state index < -0.39 is 0 Å². The Hall–Kier alpha value is -0.0800. The highest BCUT2D eigenvalue weighted by Gasteiger charge is 2.54. The second kappa shape index (κ2) is 5.53. The second-order valence-corrected chi connectivity index (χ2v) is 8.92. The van der Waals surface area contributed by atoms with E-state index in [0.29, 0.717) is 5.41 Å². The van der Waals surface area contributed by atoms with Gasteiger partial charge in [0.2, 0.25) is 0 Å². The van der Waals surface area contributed by atoms with E-state index in [9.17, 15) is 0 Å². The first-order valence-electron chi connectivity index (χ1n) is 9.66. The first-order chi connectivity index (χ1) is 10.2. The topological polar surface area (TPSA) is 29.3 Å². The van der Waals surface area contributed by atoms with Crippen LogP contribution >= 0.6 is 0 Å². The van der Waals surface area contributed by atoms with E-state index in [-0.39, 0.29) is 0 Å². The maximum absolute atomic E-state index is 5.90. The van der Waals surface area contributed by atoms with Gasteiger partial charge in [-0.05, 0) is 101 Å². The van der Waals surface area contributed by atoms with E-state index in [1.54, 1.807) is 38.5 Å². The van der Waals surface area contributed by atoms with Crippen LogP contribution < -0.4 is 5.73 Å². The molecule has 1 saturated heterocycles. The molecule has 4 saturated carbocycles. The van der Waals surface area contributed by atoms with Gasteiger partial charge in [0.25, 0.3) is 0 Å². The normalized spacial score (nSPS) is 47.7. The molecule has 21 heavy (non-hydrogen) atoms. The summed E-state index contributed by atoms with van der Waals surface area (Å²) in [4.78, 5) is 2.91. The Bertz CT molecular complexity index is 340. The number of hydrogen-bond acceptors (Lipinski definition) is 2. The molecule has 0 aromatic rings. The third-order valence-electron chi connectivity index (χ3n) is 7.64. The summed E-state index contributed by atoms with van der Waals surface area (Å²) in [5.74, 6) is 3.24. The molecule has 0 spiro atoms. The fraction of sp³-hybridized carbons (Fsp3) is 1.00. The molecular weight excluding hydrogens is 256 g/mol. The molecule has 5 fully saturated rings. The SMILES string of the molecule is CC(N1CCCCC1CCN)C12CC3CC(CC(C3)C1)C2. The van der Waals surface area contributed by atoms with Gasteiger partial charge in [-0.2, -0.15) is 0 Å². The predicted molar refractivity (Wildman–Crippen MR) is 88.1 cm³/mol. The summed E-state index contributed by atoms with van der Waals surface area (Å²) < 4.78 is 0. The summed E-state index contributed by atoms with van der Waals surface area (Å²) >= 11 is 0. The Kier molecular flexibility index (Phi) is 3.82. The molecule has 2 unspecified atom stereocenters. The van der Waals surface area contributed by atoms with Gasteiger partial charge in [0.15, 0.2) is 0 Å². The van der Waals surface area contributed by atoms with Crippen LogP contribution in [0, 0.1) is 23.2 Å². The Balaban J connectivity index is 1.54. The van der Waals surface area contributed by atoms with Crippen molar-refractivity contribution >= 4 is 0 Å². The van der Waals surface area contributed by atoms with Gasteiger partial charge in [-0.15, -0.1) is 0 Å². The number of likely N-dealkylation sites (tertiary alicyclic amines) is 1. The molecule has 2 atom stereocenters. The summed E-state index contributed by atoms with van der Waals surface area (Å²) in [6.45, 7) is 4.80. The monoisotopic (exact) mass is 290 g/mol. The zero-order valence-corrected chi connectivity index (χ0v) is 13.9. The zero-order chi connectivity index (χ0) is 14.4. The number of piperidine rings is 1. The summed E-state index contributed by atoms with van der Waals surface area (Å²) in [6.07, 6.45) is 14.8. The highest BCUT2D eigenvalue weighted by Crippen LogP contribution is 2.62. The first-order valence-corrected chi connectivity index (χ1v) is 9.66. The maximum atomic E-state index is 5.90. The zero-order valence-electron chi connectivity index (χ0n) is 13.9. The van der Waals surface area contributed by atoms with Crippen LogP contribution in [0.2, 0.25) is 0 Å². The molecule has 2 nitrogen and oxygen atoms in total.